The second-order valence-corrected chi connectivity index (χ2v) is 4.68. The van der Waals surface area contributed by atoms with Gasteiger partial charge in [0.25, 0.3) is 0 Å². The molecule has 1 rings (SSSR count). The molecule has 0 heterocycles. The van der Waals surface area contributed by atoms with Crippen molar-refractivity contribution in [1.29, 1.82) is 0 Å². The van der Waals surface area contributed by atoms with Crippen LogP contribution in [0.4, 0.5) is 0 Å². The van der Waals surface area contributed by atoms with E-state index in [2.05, 4.69) is 6.92 Å². The molecule has 0 N–H and O–H groups in total. The standard InChI is InChI=1S/C13H22O2/c1-2-3-4-5-12(14)8-6-11-7-9-13(15)10-11/h11H,2-10H2,1H3. The average Bonchev–Trinajstić information content (AvgIpc) is 2.62. The summed E-state index contributed by atoms with van der Waals surface area (Å²) in [6.45, 7) is 2.15. The molecule has 0 bridgehead atoms. The minimum absolute atomic E-state index is 0.387. The zero-order valence-electron chi connectivity index (χ0n) is 9.76. The first-order valence-electron chi connectivity index (χ1n) is 6.25. The van der Waals surface area contributed by atoms with Crippen molar-refractivity contribution in [2.24, 2.45) is 5.92 Å². The fourth-order valence-corrected chi connectivity index (χ4v) is 2.20. The summed E-state index contributed by atoms with van der Waals surface area (Å²) in [5.41, 5.74) is 0. The van der Waals surface area contributed by atoms with Gasteiger partial charge in [0, 0.05) is 25.7 Å². The molecular formula is C13H22O2. The van der Waals surface area contributed by atoms with E-state index in [1.54, 1.807) is 0 Å². The Balaban J connectivity index is 2.03. The van der Waals surface area contributed by atoms with Crippen LogP contribution in [0.2, 0.25) is 0 Å². The van der Waals surface area contributed by atoms with Crippen LogP contribution in [-0.4, -0.2) is 11.6 Å². The van der Waals surface area contributed by atoms with Gasteiger partial charge in [0.1, 0.15) is 11.6 Å². The van der Waals surface area contributed by atoms with Gasteiger partial charge in [-0.05, 0) is 25.2 Å². The first kappa shape index (κ1) is 12.4. The lowest BCUT2D eigenvalue weighted by molar-refractivity contribution is -0.120. The van der Waals surface area contributed by atoms with Gasteiger partial charge >= 0.3 is 0 Å². The van der Waals surface area contributed by atoms with E-state index in [0.717, 1.165) is 44.9 Å². The van der Waals surface area contributed by atoms with Gasteiger partial charge in [0.05, 0.1) is 0 Å². The number of unbranched alkanes of at least 4 members (excludes halogenated alkanes) is 2. The van der Waals surface area contributed by atoms with Crippen LogP contribution in [0.15, 0.2) is 0 Å². The molecule has 1 atom stereocenters. The molecule has 2 nitrogen and oxygen atoms in total. The highest BCUT2D eigenvalue weighted by atomic mass is 16.1. The molecule has 0 spiro atoms. The molecule has 1 unspecified atom stereocenters. The maximum atomic E-state index is 11.5. The topological polar surface area (TPSA) is 34.1 Å². The largest absolute Gasteiger partial charge is 0.300 e. The number of carbonyl (C=O) groups excluding carboxylic acids is 2. The lowest BCUT2D eigenvalue weighted by Crippen LogP contribution is -2.02. The van der Waals surface area contributed by atoms with Crippen molar-refractivity contribution >= 4 is 11.6 Å². The van der Waals surface area contributed by atoms with Crippen molar-refractivity contribution in [3.63, 3.8) is 0 Å². The van der Waals surface area contributed by atoms with Crippen molar-refractivity contribution in [1.82, 2.24) is 0 Å². The molecular weight excluding hydrogens is 188 g/mol. The Bertz CT molecular complexity index is 221. The van der Waals surface area contributed by atoms with Crippen LogP contribution in [0, 0.1) is 5.92 Å². The van der Waals surface area contributed by atoms with Gasteiger partial charge in [0.2, 0.25) is 0 Å². The second kappa shape index (κ2) is 6.76. The second-order valence-electron chi connectivity index (χ2n) is 4.68. The molecule has 0 aromatic heterocycles. The molecule has 0 aliphatic heterocycles. The maximum Gasteiger partial charge on any atom is 0.133 e. The van der Waals surface area contributed by atoms with Gasteiger partial charge in [-0.1, -0.05) is 19.8 Å². The number of hydrogen-bond acceptors (Lipinski definition) is 2. The predicted molar refractivity (Wildman–Crippen MR) is 60.7 cm³/mol. The van der Waals surface area contributed by atoms with E-state index in [0.29, 0.717) is 23.9 Å². The molecule has 2 heteroatoms. The fourth-order valence-electron chi connectivity index (χ4n) is 2.20. The van der Waals surface area contributed by atoms with Gasteiger partial charge < -0.3 is 0 Å². The minimum Gasteiger partial charge on any atom is -0.300 e. The number of carbonyl (C=O) groups is 2. The highest BCUT2D eigenvalue weighted by Crippen LogP contribution is 2.26. The van der Waals surface area contributed by atoms with E-state index < -0.39 is 0 Å². The van der Waals surface area contributed by atoms with E-state index in [9.17, 15) is 9.59 Å². The van der Waals surface area contributed by atoms with E-state index in [1.165, 1.54) is 6.42 Å². The van der Waals surface area contributed by atoms with Crippen molar-refractivity contribution in [2.45, 2.75) is 64.7 Å². The van der Waals surface area contributed by atoms with Crippen molar-refractivity contribution in [3.05, 3.63) is 0 Å². The highest BCUT2D eigenvalue weighted by Gasteiger charge is 2.22. The summed E-state index contributed by atoms with van der Waals surface area (Å²) in [7, 11) is 0. The first-order valence-corrected chi connectivity index (χ1v) is 6.25. The maximum absolute atomic E-state index is 11.5. The number of hydrogen-bond donors (Lipinski definition) is 0. The Morgan fingerprint density at radius 2 is 2.13 bits per heavy atom. The molecule has 1 aliphatic rings. The number of Topliss-reactive ketones (excluding diaryl/α,β-unsaturated/α-hetero) is 2. The van der Waals surface area contributed by atoms with Gasteiger partial charge in [-0.3, -0.25) is 9.59 Å². The summed E-state index contributed by atoms with van der Waals surface area (Å²) in [6.07, 6.45) is 8.24. The highest BCUT2D eigenvalue weighted by molar-refractivity contribution is 5.81. The summed E-state index contributed by atoms with van der Waals surface area (Å²) in [5.74, 6) is 1.29. The fraction of sp³-hybridized carbons (Fsp3) is 0.846. The van der Waals surface area contributed by atoms with E-state index in [-0.39, 0.29) is 0 Å². The molecule has 0 aromatic rings. The zero-order chi connectivity index (χ0) is 11.1. The molecule has 86 valence electrons. The molecule has 1 aliphatic carbocycles. The van der Waals surface area contributed by atoms with Gasteiger partial charge in [0.15, 0.2) is 0 Å². The summed E-state index contributed by atoms with van der Waals surface area (Å²) < 4.78 is 0. The molecule has 1 fully saturated rings. The van der Waals surface area contributed by atoms with Crippen LogP contribution >= 0.6 is 0 Å². The first-order chi connectivity index (χ1) is 7.22. The summed E-state index contributed by atoms with van der Waals surface area (Å²) >= 11 is 0. The number of ketones is 2. The monoisotopic (exact) mass is 210 g/mol. The van der Waals surface area contributed by atoms with Crippen LogP contribution in [0.1, 0.15) is 64.7 Å². The molecule has 15 heavy (non-hydrogen) atoms. The molecule has 0 aromatic carbocycles. The van der Waals surface area contributed by atoms with Gasteiger partial charge in [-0.15, -0.1) is 0 Å². The third kappa shape index (κ3) is 5.10. The van der Waals surface area contributed by atoms with Crippen LogP contribution < -0.4 is 0 Å². The lowest BCUT2D eigenvalue weighted by Gasteiger charge is -2.06. The third-order valence-corrected chi connectivity index (χ3v) is 3.24. The smallest absolute Gasteiger partial charge is 0.133 e. The zero-order valence-corrected chi connectivity index (χ0v) is 9.76. The number of rotatable bonds is 7. The van der Waals surface area contributed by atoms with Gasteiger partial charge in [-0.2, -0.15) is 0 Å². The normalized spacial score (nSPS) is 20.9. The molecule has 0 radical (unpaired) electrons. The van der Waals surface area contributed by atoms with Crippen molar-refractivity contribution in [3.8, 4) is 0 Å². The van der Waals surface area contributed by atoms with Crippen LogP contribution in [0.5, 0.6) is 0 Å². The molecule has 0 amide bonds. The summed E-state index contributed by atoms with van der Waals surface area (Å²) in [6, 6.07) is 0. The summed E-state index contributed by atoms with van der Waals surface area (Å²) in [5, 5.41) is 0. The predicted octanol–water partition coefficient (Wildman–Crippen LogP) is 3.29. The Hall–Kier alpha value is -0.660. The minimum atomic E-state index is 0.387. The Morgan fingerprint density at radius 1 is 1.33 bits per heavy atom. The average molecular weight is 210 g/mol. The van der Waals surface area contributed by atoms with E-state index >= 15 is 0 Å². The SMILES string of the molecule is CCCCCC(=O)CCC1CCC(=O)C1. The van der Waals surface area contributed by atoms with Crippen molar-refractivity contribution in [2.75, 3.05) is 0 Å². The molecule has 1 saturated carbocycles. The Kier molecular flexibility index (Phi) is 5.59. The van der Waals surface area contributed by atoms with Crippen molar-refractivity contribution < 1.29 is 9.59 Å². The quantitative estimate of drug-likeness (QED) is 0.604. The Morgan fingerprint density at radius 3 is 2.73 bits per heavy atom. The lowest BCUT2D eigenvalue weighted by atomic mass is 9.98. The van der Waals surface area contributed by atoms with Crippen LogP contribution in [0.3, 0.4) is 0 Å². The van der Waals surface area contributed by atoms with E-state index in [4.69, 9.17) is 0 Å². The van der Waals surface area contributed by atoms with Gasteiger partial charge in [-0.25, -0.2) is 0 Å². The Labute approximate surface area is 92.4 Å². The van der Waals surface area contributed by atoms with Crippen LogP contribution in [-0.2, 0) is 9.59 Å². The molecule has 0 saturated heterocycles. The summed E-state index contributed by atoms with van der Waals surface area (Å²) in [4.78, 5) is 22.5. The van der Waals surface area contributed by atoms with Crippen LogP contribution in [0.25, 0.3) is 0 Å². The van der Waals surface area contributed by atoms with E-state index in [1.807, 2.05) is 0 Å². The third-order valence-electron chi connectivity index (χ3n) is 3.24.